The van der Waals surface area contributed by atoms with Gasteiger partial charge >= 0.3 is 0 Å². The molecule has 1 aromatic heterocycles. The third-order valence-corrected chi connectivity index (χ3v) is 3.25. The molecule has 0 atom stereocenters. The maximum atomic E-state index is 13.7. The van der Waals surface area contributed by atoms with Crippen LogP contribution in [0.1, 0.15) is 18.6 Å². The van der Waals surface area contributed by atoms with Gasteiger partial charge in [-0.15, -0.1) is 0 Å². The van der Waals surface area contributed by atoms with Gasteiger partial charge in [0.05, 0.1) is 5.56 Å². The standard InChI is InChI=1S/C17H20FNO3/c1-21-12-4-11-19-17(20)10-8-13-7-9-16(22-13)14-5-2-3-6-15(14)18/h2-3,5-7,9H,4,8,10-12H2,1H3,(H,19,20). The molecule has 0 fully saturated rings. The summed E-state index contributed by atoms with van der Waals surface area (Å²) in [6, 6.07) is 9.96. The number of benzene rings is 1. The Labute approximate surface area is 129 Å². The minimum absolute atomic E-state index is 0.0278. The third kappa shape index (κ3) is 4.70. The van der Waals surface area contributed by atoms with Crippen molar-refractivity contribution in [3.8, 4) is 11.3 Å². The molecule has 1 aromatic carbocycles. The van der Waals surface area contributed by atoms with Gasteiger partial charge < -0.3 is 14.5 Å². The molecular weight excluding hydrogens is 285 g/mol. The molecule has 0 radical (unpaired) electrons. The number of hydrogen-bond donors (Lipinski definition) is 1. The van der Waals surface area contributed by atoms with Crippen molar-refractivity contribution in [2.75, 3.05) is 20.3 Å². The van der Waals surface area contributed by atoms with E-state index >= 15 is 0 Å². The van der Waals surface area contributed by atoms with Gasteiger partial charge in [0.2, 0.25) is 5.91 Å². The van der Waals surface area contributed by atoms with E-state index in [0.717, 1.165) is 6.42 Å². The molecule has 5 heteroatoms. The van der Waals surface area contributed by atoms with Gasteiger partial charge in [-0.2, -0.15) is 0 Å². The smallest absolute Gasteiger partial charge is 0.220 e. The Kier molecular flexibility index (Phi) is 6.15. The number of carbonyl (C=O) groups is 1. The number of halogens is 1. The van der Waals surface area contributed by atoms with Gasteiger partial charge in [-0.05, 0) is 30.7 Å². The number of methoxy groups -OCH3 is 1. The lowest BCUT2D eigenvalue weighted by atomic mass is 10.1. The van der Waals surface area contributed by atoms with Crippen molar-refractivity contribution in [2.24, 2.45) is 0 Å². The normalized spacial score (nSPS) is 10.6. The van der Waals surface area contributed by atoms with Crippen LogP contribution in [0.25, 0.3) is 11.3 Å². The molecule has 2 rings (SSSR count). The first-order chi connectivity index (χ1) is 10.7. The fraction of sp³-hybridized carbons (Fsp3) is 0.353. The van der Waals surface area contributed by atoms with Gasteiger partial charge in [-0.1, -0.05) is 12.1 Å². The summed E-state index contributed by atoms with van der Waals surface area (Å²) in [6.07, 6.45) is 1.63. The zero-order valence-electron chi connectivity index (χ0n) is 12.6. The van der Waals surface area contributed by atoms with Crippen LogP contribution in [-0.2, 0) is 16.0 Å². The number of rotatable bonds is 8. The van der Waals surface area contributed by atoms with Crippen LogP contribution >= 0.6 is 0 Å². The highest BCUT2D eigenvalue weighted by molar-refractivity contribution is 5.76. The highest BCUT2D eigenvalue weighted by atomic mass is 19.1. The summed E-state index contributed by atoms with van der Waals surface area (Å²) in [6.45, 7) is 1.23. The Morgan fingerprint density at radius 1 is 1.27 bits per heavy atom. The van der Waals surface area contributed by atoms with Crippen LogP contribution in [0.15, 0.2) is 40.8 Å². The Morgan fingerprint density at radius 3 is 2.86 bits per heavy atom. The first-order valence-corrected chi connectivity index (χ1v) is 7.30. The van der Waals surface area contributed by atoms with Crippen LogP contribution < -0.4 is 5.32 Å². The molecule has 0 bridgehead atoms. The molecule has 0 unspecified atom stereocenters. The van der Waals surface area contributed by atoms with Crippen LogP contribution in [0.2, 0.25) is 0 Å². The fourth-order valence-corrected chi connectivity index (χ4v) is 2.09. The van der Waals surface area contributed by atoms with E-state index in [4.69, 9.17) is 9.15 Å². The van der Waals surface area contributed by atoms with Gasteiger partial charge in [-0.3, -0.25) is 4.79 Å². The summed E-state index contributed by atoms with van der Waals surface area (Å²) in [4.78, 5) is 11.7. The van der Waals surface area contributed by atoms with Crippen molar-refractivity contribution < 1.29 is 18.3 Å². The Balaban J connectivity index is 1.83. The molecule has 0 aliphatic heterocycles. The van der Waals surface area contributed by atoms with Crippen molar-refractivity contribution in [1.82, 2.24) is 5.32 Å². The molecule has 0 saturated heterocycles. The number of hydrogen-bond acceptors (Lipinski definition) is 3. The van der Waals surface area contributed by atoms with Gasteiger partial charge in [0, 0.05) is 33.1 Å². The highest BCUT2D eigenvalue weighted by Gasteiger charge is 2.10. The van der Waals surface area contributed by atoms with Crippen molar-refractivity contribution in [1.29, 1.82) is 0 Å². The summed E-state index contributed by atoms with van der Waals surface area (Å²) in [5.74, 6) is 0.804. The molecule has 0 saturated carbocycles. The van der Waals surface area contributed by atoms with E-state index in [1.54, 1.807) is 37.4 Å². The van der Waals surface area contributed by atoms with Crippen molar-refractivity contribution in [2.45, 2.75) is 19.3 Å². The lowest BCUT2D eigenvalue weighted by molar-refractivity contribution is -0.121. The van der Waals surface area contributed by atoms with Crippen LogP contribution in [0.4, 0.5) is 4.39 Å². The van der Waals surface area contributed by atoms with E-state index in [-0.39, 0.29) is 11.7 Å². The minimum atomic E-state index is -0.320. The predicted molar refractivity (Wildman–Crippen MR) is 81.9 cm³/mol. The van der Waals surface area contributed by atoms with Gasteiger partial charge in [0.1, 0.15) is 17.3 Å². The largest absolute Gasteiger partial charge is 0.461 e. The summed E-state index contributed by atoms with van der Waals surface area (Å²) < 4.78 is 24.2. The molecule has 22 heavy (non-hydrogen) atoms. The van der Waals surface area contributed by atoms with E-state index in [0.29, 0.717) is 43.1 Å². The zero-order chi connectivity index (χ0) is 15.8. The van der Waals surface area contributed by atoms with Crippen LogP contribution in [0.5, 0.6) is 0 Å². The van der Waals surface area contributed by atoms with Crippen LogP contribution in [0, 0.1) is 5.82 Å². The van der Waals surface area contributed by atoms with Crippen molar-refractivity contribution >= 4 is 5.91 Å². The Bertz CT molecular complexity index is 609. The summed E-state index contributed by atoms with van der Waals surface area (Å²) >= 11 is 0. The first kappa shape index (κ1) is 16.2. The highest BCUT2D eigenvalue weighted by Crippen LogP contribution is 2.25. The molecule has 0 aliphatic carbocycles. The third-order valence-electron chi connectivity index (χ3n) is 3.25. The molecule has 0 aliphatic rings. The molecule has 118 valence electrons. The molecule has 1 N–H and O–H groups in total. The average Bonchev–Trinajstić information content (AvgIpc) is 2.99. The topological polar surface area (TPSA) is 51.5 Å². The second kappa shape index (κ2) is 8.34. The SMILES string of the molecule is COCCCNC(=O)CCc1ccc(-c2ccccc2F)o1. The molecule has 4 nitrogen and oxygen atoms in total. The van der Waals surface area contributed by atoms with E-state index in [9.17, 15) is 9.18 Å². The molecule has 1 heterocycles. The molecular formula is C17H20FNO3. The zero-order valence-corrected chi connectivity index (χ0v) is 12.6. The molecule has 0 spiro atoms. The van der Waals surface area contributed by atoms with Gasteiger partial charge in [-0.25, -0.2) is 4.39 Å². The van der Waals surface area contributed by atoms with Crippen molar-refractivity contribution in [3.63, 3.8) is 0 Å². The molecule has 2 aromatic rings. The summed E-state index contributed by atoms with van der Waals surface area (Å²) in [5, 5.41) is 2.81. The Morgan fingerprint density at radius 2 is 2.09 bits per heavy atom. The number of ether oxygens (including phenoxy) is 1. The number of furan rings is 1. The second-order valence-electron chi connectivity index (χ2n) is 4.94. The van der Waals surface area contributed by atoms with E-state index in [2.05, 4.69) is 5.32 Å². The number of carbonyl (C=O) groups excluding carboxylic acids is 1. The minimum Gasteiger partial charge on any atom is -0.461 e. The predicted octanol–water partition coefficient (Wildman–Crippen LogP) is 3.17. The fourth-order valence-electron chi connectivity index (χ4n) is 2.09. The van der Waals surface area contributed by atoms with Gasteiger partial charge in [0.25, 0.3) is 0 Å². The van der Waals surface area contributed by atoms with E-state index in [1.165, 1.54) is 6.07 Å². The van der Waals surface area contributed by atoms with Crippen molar-refractivity contribution in [3.05, 3.63) is 48.0 Å². The van der Waals surface area contributed by atoms with E-state index < -0.39 is 0 Å². The van der Waals surface area contributed by atoms with Crippen LogP contribution in [0.3, 0.4) is 0 Å². The lowest BCUT2D eigenvalue weighted by Crippen LogP contribution is -2.25. The maximum absolute atomic E-state index is 13.7. The van der Waals surface area contributed by atoms with Crippen LogP contribution in [-0.4, -0.2) is 26.2 Å². The lowest BCUT2D eigenvalue weighted by Gasteiger charge is -2.04. The first-order valence-electron chi connectivity index (χ1n) is 7.30. The van der Waals surface area contributed by atoms with E-state index in [1.807, 2.05) is 0 Å². The maximum Gasteiger partial charge on any atom is 0.220 e. The number of nitrogens with one attached hydrogen (secondary N) is 1. The second-order valence-corrected chi connectivity index (χ2v) is 4.94. The summed E-state index contributed by atoms with van der Waals surface area (Å²) in [5.41, 5.74) is 0.428. The average molecular weight is 305 g/mol. The molecule has 1 amide bonds. The van der Waals surface area contributed by atoms with Gasteiger partial charge in [0.15, 0.2) is 0 Å². The number of amides is 1. The Hall–Kier alpha value is -2.14. The number of aryl methyl sites for hydroxylation is 1. The quantitative estimate of drug-likeness (QED) is 0.762. The summed E-state index contributed by atoms with van der Waals surface area (Å²) in [7, 11) is 1.63. The monoisotopic (exact) mass is 305 g/mol.